The van der Waals surface area contributed by atoms with Gasteiger partial charge in [0, 0.05) is 12.3 Å². The fourth-order valence-electron chi connectivity index (χ4n) is 5.24. The number of methoxy groups -OCH3 is 2. The smallest absolute Gasteiger partial charge is 0.231 e. The average Bonchev–Trinajstić information content (AvgIpc) is 3.28. The predicted octanol–water partition coefficient (Wildman–Crippen LogP) is 0.786. The second kappa shape index (κ2) is 5.53. The minimum absolute atomic E-state index is 0.0778. The Labute approximate surface area is 155 Å². The first kappa shape index (κ1) is 16.7. The zero-order chi connectivity index (χ0) is 18.9. The Morgan fingerprint density at radius 1 is 1.15 bits per heavy atom. The lowest BCUT2D eigenvalue weighted by molar-refractivity contribution is -0.133. The Hall–Kier alpha value is -2.45. The van der Waals surface area contributed by atoms with Crippen LogP contribution in [-0.2, 0) is 14.3 Å². The molecule has 0 bridgehead atoms. The largest absolute Gasteiger partial charge is 0.495 e. The van der Waals surface area contributed by atoms with Gasteiger partial charge >= 0.3 is 0 Å². The maximum Gasteiger partial charge on any atom is 0.231 e. The van der Waals surface area contributed by atoms with Crippen LogP contribution in [0.4, 0.5) is 0 Å². The van der Waals surface area contributed by atoms with Crippen LogP contribution in [-0.4, -0.2) is 60.2 Å². The lowest BCUT2D eigenvalue weighted by Gasteiger charge is -2.40. The second-order valence-corrected chi connectivity index (χ2v) is 7.30. The third-order valence-electron chi connectivity index (χ3n) is 6.27. The Bertz CT molecular complexity index is 866. The molecule has 1 fully saturated rings. The van der Waals surface area contributed by atoms with Crippen molar-refractivity contribution in [1.29, 1.82) is 0 Å². The molecule has 3 aliphatic heterocycles. The molecule has 3 heterocycles. The summed E-state index contributed by atoms with van der Waals surface area (Å²) in [5, 5.41) is 22.1. The lowest BCUT2D eigenvalue weighted by Crippen LogP contribution is -2.51. The van der Waals surface area contributed by atoms with E-state index in [0.29, 0.717) is 41.4 Å². The molecule has 4 aliphatic rings. The van der Waals surface area contributed by atoms with E-state index >= 15 is 0 Å². The van der Waals surface area contributed by atoms with Crippen molar-refractivity contribution in [2.75, 3.05) is 27.6 Å². The number of β-amino-alcohol motifs (C(OH)–C–C–N with tert-alkyl or cyclic N) is 1. The maximum atomic E-state index is 12.7. The van der Waals surface area contributed by atoms with Gasteiger partial charge in [0.05, 0.1) is 26.9 Å². The van der Waals surface area contributed by atoms with Crippen LogP contribution < -0.4 is 9.47 Å². The predicted molar refractivity (Wildman–Crippen MR) is 91.0 cm³/mol. The molecule has 0 saturated carbocycles. The number of rotatable bonds is 2. The van der Waals surface area contributed by atoms with Crippen molar-refractivity contribution in [3.05, 3.63) is 34.8 Å². The lowest BCUT2D eigenvalue weighted by atomic mass is 9.77. The van der Waals surface area contributed by atoms with Crippen molar-refractivity contribution in [2.45, 2.75) is 36.5 Å². The van der Waals surface area contributed by atoms with E-state index in [1.165, 1.54) is 14.2 Å². The molecule has 1 aliphatic carbocycles. The van der Waals surface area contributed by atoms with Gasteiger partial charge < -0.3 is 34.1 Å². The normalized spacial score (nSPS) is 33.6. The molecule has 5 rings (SSSR count). The number of benzene rings is 1. The summed E-state index contributed by atoms with van der Waals surface area (Å²) in [5.41, 5.74) is 0.451. The van der Waals surface area contributed by atoms with Crippen molar-refractivity contribution in [3.8, 4) is 11.5 Å². The monoisotopic (exact) mass is 375 g/mol. The molecule has 8 heteroatoms. The minimum atomic E-state index is -1.01. The number of aliphatic hydroxyl groups is 2. The van der Waals surface area contributed by atoms with Crippen molar-refractivity contribution in [1.82, 2.24) is 4.90 Å². The van der Waals surface area contributed by atoms with E-state index in [1.54, 1.807) is 17.0 Å². The summed E-state index contributed by atoms with van der Waals surface area (Å²) in [6, 6.07) is 3.54. The fraction of sp³-hybridized carbons (Fsp3) is 0.526. The first-order valence-electron chi connectivity index (χ1n) is 8.95. The third kappa shape index (κ3) is 1.92. The topological polar surface area (TPSA) is 97.7 Å². The molecule has 1 saturated heterocycles. The highest BCUT2D eigenvalue weighted by molar-refractivity contribution is 5.82. The van der Waals surface area contributed by atoms with Gasteiger partial charge in [0.25, 0.3) is 0 Å². The summed E-state index contributed by atoms with van der Waals surface area (Å²) in [5.74, 6) is 1.27. The van der Waals surface area contributed by atoms with Crippen LogP contribution in [0.1, 0.15) is 36.0 Å². The zero-order valence-electron chi connectivity index (χ0n) is 15.1. The Morgan fingerprint density at radius 3 is 2.52 bits per heavy atom. The van der Waals surface area contributed by atoms with Gasteiger partial charge in [-0.3, -0.25) is 4.79 Å². The summed E-state index contributed by atoms with van der Waals surface area (Å²) < 4.78 is 22.1. The van der Waals surface area contributed by atoms with E-state index in [0.717, 1.165) is 5.56 Å². The molecule has 1 aromatic rings. The number of carbonyl (C=O) groups excluding carboxylic acids is 1. The van der Waals surface area contributed by atoms with Crippen LogP contribution in [0.2, 0.25) is 0 Å². The van der Waals surface area contributed by atoms with Gasteiger partial charge in [-0.15, -0.1) is 0 Å². The highest BCUT2D eigenvalue weighted by Crippen LogP contribution is 2.59. The Morgan fingerprint density at radius 2 is 1.85 bits per heavy atom. The Balaban J connectivity index is 1.79. The number of aliphatic hydroxyl groups excluding tert-OH is 2. The molecule has 144 valence electrons. The van der Waals surface area contributed by atoms with Crippen LogP contribution in [0, 0.1) is 0 Å². The number of hydrogen-bond donors (Lipinski definition) is 2. The molecule has 2 N–H and O–H groups in total. The van der Waals surface area contributed by atoms with E-state index < -0.39 is 23.7 Å². The van der Waals surface area contributed by atoms with Crippen LogP contribution in [0.25, 0.3) is 0 Å². The Kier molecular flexibility index (Phi) is 3.42. The minimum Gasteiger partial charge on any atom is -0.495 e. The molecule has 0 aromatic heterocycles. The van der Waals surface area contributed by atoms with Crippen LogP contribution in [0.15, 0.2) is 23.7 Å². The number of ether oxygens (including phenoxy) is 4. The van der Waals surface area contributed by atoms with E-state index in [-0.39, 0.29) is 19.2 Å². The fourth-order valence-corrected chi connectivity index (χ4v) is 5.24. The van der Waals surface area contributed by atoms with E-state index in [1.807, 2.05) is 0 Å². The highest BCUT2D eigenvalue weighted by Gasteiger charge is 2.65. The summed E-state index contributed by atoms with van der Waals surface area (Å²) in [6.07, 6.45) is -1.12. The molecule has 1 aromatic carbocycles. The van der Waals surface area contributed by atoms with Gasteiger partial charge in [-0.05, 0) is 29.7 Å². The molecule has 0 radical (unpaired) electrons. The van der Waals surface area contributed by atoms with Crippen molar-refractivity contribution in [3.63, 3.8) is 0 Å². The number of hydrogen-bond acceptors (Lipinski definition) is 7. The second-order valence-electron chi connectivity index (χ2n) is 7.30. The number of amides is 1. The SMILES string of the molecule is COC1=C(OC)[C@]23CCC(=O)N2C[C@H](O)c2cc4c(cc2[C@@H]3[C@@H]1O)OCO4. The quantitative estimate of drug-likeness (QED) is 0.789. The average molecular weight is 375 g/mol. The maximum absolute atomic E-state index is 12.7. The number of carbonyl (C=O) groups is 1. The number of nitrogens with zero attached hydrogens (tertiary/aromatic N) is 1. The van der Waals surface area contributed by atoms with Gasteiger partial charge in [-0.1, -0.05) is 0 Å². The molecular formula is C19H21NO7. The van der Waals surface area contributed by atoms with Crippen molar-refractivity contribution >= 4 is 5.91 Å². The first-order chi connectivity index (χ1) is 13.0. The van der Waals surface area contributed by atoms with E-state index in [2.05, 4.69) is 0 Å². The van der Waals surface area contributed by atoms with Crippen molar-refractivity contribution in [2.24, 2.45) is 0 Å². The van der Waals surface area contributed by atoms with E-state index in [4.69, 9.17) is 18.9 Å². The first-order valence-corrected chi connectivity index (χ1v) is 8.95. The van der Waals surface area contributed by atoms with Crippen molar-refractivity contribution < 1.29 is 34.0 Å². The molecule has 1 amide bonds. The summed E-state index contributed by atoms with van der Waals surface area (Å²) in [7, 11) is 3.00. The molecule has 1 spiro atoms. The molecule has 27 heavy (non-hydrogen) atoms. The van der Waals surface area contributed by atoms with Gasteiger partial charge in [-0.2, -0.15) is 0 Å². The van der Waals surface area contributed by atoms with Gasteiger partial charge in [0.15, 0.2) is 23.0 Å². The molecule has 4 atom stereocenters. The van der Waals surface area contributed by atoms with Gasteiger partial charge in [0.2, 0.25) is 12.7 Å². The highest BCUT2D eigenvalue weighted by atomic mass is 16.7. The molecule has 8 nitrogen and oxygen atoms in total. The van der Waals surface area contributed by atoms with E-state index in [9.17, 15) is 15.0 Å². The van der Waals surface area contributed by atoms with Gasteiger partial charge in [0.1, 0.15) is 11.6 Å². The van der Waals surface area contributed by atoms with Crippen LogP contribution >= 0.6 is 0 Å². The third-order valence-corrected chi connectivity index (χ3v) is 6.27. The standard InChI is InChI=1S/C19H21NO7/c1-24-17-16(23)15-10-6-13-12(26-8-27-13)5-9(10)11(21)7-20-14(22)3-4-19(15,20)18(17)25-2/h5-6,11,15-16,21,23H,3-4,7-8H2,1-2H3/t11-,15+,16-,19+/m0/s1. The van der Waals surface area contributed by atoms with Crippen LogP contribution in [0.3, 0.4) is 0 Å². The molecule has 0 unspecified atom stereocenters. The summed E-state index contributed by atoms with van der Waals surface area (Å²) in [4.78, 5) is 14.4. The van der Waals surface area contributed by atoms with Crippen LogP contribution in [0.5, 0.6) is 11.5 Å². The summed E-state index contributed by atoms with van der Waals surface area (Å²) >= 11 is 0. The number of fused-ring (bicyclic) bond motifs is 3. The van der Waals surface area contributed by atoms with Gasteiger partial charge in [-0.25, -0.2) is 0 Å². The zero-order valence-corrected chi connectivity index (χ0v) is 15.1. The molecular weight excluding hydrogens is 354 g/mol. The summed E-state index contributed by atoms with van der Waals surface area (Å²) in [6.45, 7) is 0.223.